The highest BCUT2D eigenvalue weighted by Crippen LogP contribution is 2.56. The number of hydrogen-bond acceptors (Lipinski definition) is 2. The summed E-state index contributed by atoms with van der Waals surface area (Å²) in [5.74, 6) is 0. The molecule has 0 radical (unpaired) electrons. The van der Waals surface area contributed by atoms with Crippen molar-refractivity contribution >= 4 is 48.6 Å². The lowest BCUT2D eigenvalue weighted by atomic mass is 9.82. The molecule has 10 rings (SSSR count). The molecule has 0 fully saturated rings. The van der Waals surface area contributed by atoms with Gasteiger partial charge >= 0.3 is 0 Å². The Morgan fingerprint density at radius 3 is 1.90 bits per heavy atom. The quantitative estimate of drug-likeness (QED) is 0.182. The summed E-state index contributed by atoms with van der Waals surface area (Å²) in [6.45, 7) is 9.45. The molecule has 8 aromatic rings. The summed E-state index contributed by atoms with van der Waals surface area (Å²) in [5, 5.41) is 2.65. The van der Waals surface area contributed by atoms with Crippen LogP contribution >= 0.6 is 11.3 Å². The van der Waals surface area contributed by atoms with Crippen LogP contribution in [0.2, 0.25) is 0 Å². The number of thiophene rings is 1. The van der Waals surface area contributed by atoms with Crippen LogP contribution in [0, 0.1) is 0 Å². The first-order valence-corrected chi connectivity index (χ1v) is 18.4. The fourth-order valence-corrected chi connectivity index (χ4v) is 10.2. The molecule has 2 heteroatoms. The third-order valence-corrected chi connectivity index (χ3v) is 12.7. The number of rotatable bonds is 4. The van der Waals surface area contributed by atoms with E-state index in [1.54, 1.807) is 0 Å². The van der Waals surface area contributed by atoms with Crippen molar-refractivity contribution in [3.8, 4) is 33.4 Å². The molecule has 1 aromatic heterocycles. The summed E-state index contributed by atoms with van der Waals surface area (Å²) in [5.41, 5.74) is 16.8. The van der Waals surface area contributed by atoms with Gasteiger partial charge in [0, 0.05) is 47.9 Å². The molecule has 0 N–H and O–H groups in total. The van der Waals surface area contributed by atoms with Crippen LogP contribution in [0.5, 0.6) is 0 Å². The van der Waals surface area contributed by atoms with Crippen LogP contribution in [-0.2, 0) is 10.8 Å². The van der Waals surface area contributed by atoms with Crippen LogP contribution in [-0.4, -0.2) is 0 Å². The van der Waals surface area contributed by atoms with Crippen molar-refractivity contribution in [1.82, 2.24) is 0 Å². The first-order chi connectivity index (χ1) is 24.3. The predicted octanol–water partition coefficient (Wildman–Crippen LogP) is 13.8. The van der Waals surface area contributed by atoms with Gasteiger partial charge in [0.05, 0.1) is 5.69 Å². The van der Waals surface area contributed by atoms with Gasteiger partial charge < -0.3 is 4.90 Å². The smallest absolute Gasteiger partial charge is 0.0543 e. The fourth-order valence-electron chi connectivity index (χ4n) is 8.98. The molecule has 0 saturated carbocycles. The second-order valence-corrected chi connectivity index (χ2v) is 16.0. The van der Waals surface area contributed by atoms with Crippen LogP contribution in [0.1, 0.15) is 49.9 Å². The van der Waals surface area contributed by atoms with Crippen LogP contribution in [0.15, 0.2) is 152 Å². The topological polar surface area (TPSA) is 3.24 Å². The molecule has 0 saturated heterocycles. The standard InChI is InChI=1S/C48H37NS/c1-47(2)39-21-8-5-16-34(39)38-29-32(26-27-41(38)47)49(43-24-13-23-42-45(43)37-18-6-9-22-40(37)48(42,3)4)31-15-11-14-30(28-31)33-19-12-20-36-35-17-7-10-25-44(35)50-46(33)36/h5-29H,1-4H3. The highest BCUT2D eigenvalue weighted by molar-refractivity contribution is 7.26. The van der Waals surface area contributed by atoms with Crippen molar-refractivity contribution in [3.63, 3.8) is 0 Å². The number of nitrogens with zero attached hydrogens (tertiary/aromatic N) is 1. The molecule has 0 atom stereocenters. The second kappa shape index (κ2) is 10.5. The van der Waals surface area contributed by atoms with Crippen LogP contribution in [0.4, 0.5) is 17.1 Å². The average Bonchev–Trinajstić information content (AvgIpc) is 3.72. The Labute approximate surface area is 298 Å². The molecule has 0 aliphatic heterocycles. The van der Waals surface area contributed by atoms with Crippen molar-refractivity contribution in [2.75, 3.05) is 4.90 Å². The van der Waals surface area contributed by atoms with E-state index in [0.717, 1.165) is 5.69 Å². The van der Waals surface area contributed by atoms with Crippen molar-refractivity contribution in [1.29, 1.82) is 0 Å². The van der Waals surface area contributed by atoms with E-state index in [-0.39, 0.29) is 10.8 Å². The Morgan fingerprint density at radius 1 is 0.440 bits per heavy atom. The molecule has 1 heterocycles. The summed E-state index contributed by atoms with van der Waals surface area (Å²) in [4.78, 5) is 2.51. The maximum Gasteiger partial charge on any atom is 0.0543 e. The average molecular weight is 660 g/mol. The lowest BCUT2D eigenvalue weighted by Gasteiger charge is -2.30. The molecule has 0 unspecified atom stereocenters. The zero-order valence-electron chi connectivity index (χ0n) is 28.8. The minimum Gasteiger partial charge on any atom is -0.310 e. The van der Waals surface area contributed by atoms with E-state index < -0.39 is 0 Å². The first-order valence-electron chi connectivity index (χ1n) is 17.6. The molecule has 50 heavy (non-hydrogen) atoms. The van der Waals surface area contributed by atoms with Gasteiger partial charge in [-0.1, -0.05) is 143 Å². The van der Waals surface area contributed by atoms with Crippen molar-refractivity contribution < 1.29 is 0 Å². The minimum atomic E-state index is -0.0901. The predicted molar refractivity (Wildman–Crippen MR) is 215 cm³/mol. The lowest BCUT2D eigenvalue weighted by molar-refractivity contribution is 0.660. The van der Waals surface area contributed by atoms with Crippen LogP contribution in [0.25, 0.3) is 53.6 Å². The molecule has 0 amide bonds. The number of anilines is 3. The highest BCUT2D eigenvalue weighted by atomic mass is 32.1. The Bertz CT molecular complexity index is 2670. The molecular weight excluding hydrogens is 623 g/mol. The van der Waals surface area contributed by atoms with E-state index in [2.05, 4.69) is 184 Å². The van der Waals surface area contributed by atoms with Gasteiger partial charge in [-0.25, -0.2) is 0 Å². The lowest BCUT2D eigenvalue weighted by Crippen LogP contribution is -2.16. The van der Waals surface area contributed by atoms with Gasteiger partial charge in [0.1, 0.15) is 0 Å². The molecule has 7 aromatic carbocycles. The Hall–Kier alpha value is -5.44. The van der Waals surface area contributed by atoms with Gasteiger partial charge in [0.25, 0.3) is 0 Å². The Kier molecular flexibility index (Phi) is 6.21. The molecule has 1 nitrogen and oxygen atoms in total. The number of benzene rings is 7. The summed E-state index contributed by atoms with van der Waals surface area (Å²) < 4.78 is 2.67. The normalized spacial score (nSPS) is 14.7. The van der Waals surface area contributed by atoms with E-state index in [1.807, 2.05) is 11.3 Å². The van der Waals surface area contributed by atoms with E-state index in [4.69, 9.17) is 0 Å². The highest BCUT2D eigenvalue weighted by Gasteiger charge is 2.39. The van der Waals surface area contributed by atoms with E-state index in [1.165, 1.54) is 87.2 Å². The second-order valence-electron chi connectivity index (χ2n) is 14.9. The number of fused-ring (bicyclic) bond motifs is 9. The van der Waals surface area contributed by atoms with Gasteiger partial charge in [0.15, 0.2) is 0 Å². The summed E-state index contributed by atoms with van der Waals surface area (Å²) in [6.07, 6.45) is 0. The van der Waals surface area contributed by atoms with Gasteiger partial charge in [-0.2, -0.15) is 0 Å². The molecule has 0 bridgehead atoms. The van der Waals surface area contributed by atoms with E-state index in [9.17, 15) is 0 Å². The fraction of sp³-hybridized carbons (Fsp3) is 0.125. The van der Waals surface area contributed by atoms with Gasteiger partial charge in [-0.3, -0.25) is 0 Å². The zero-order chi connectivity index (χ0) is 33.8. The summed E-state index contributed by atoms with van der Waals surface area (Å²) in [7, 11) is 0. The van der Waals surface area contributed by atoms with E-state index in [0.29, 0.717) is 0 Å². The maximum atomic E-state index is 2.51. The molecule has 0 spiro atoms. The third kappa shape index (κ3) is 4.06. The molecule has 240 valence electrons. The Morgan fingerprint density at radius 2 is 1.04 bits per heavy atom. The first kappa shape index (κ1) is 29.5. The third-order valence-electron chi connectivity index (χ3n) is 11.5. The van der Waals surface area contributed by atoms with Crippen molar-refractivity contribution in [2.45, 2.75) is 38.5 Å². The monoisotopic (exact) mass is 659 g/mol. The molecule has 2 aliphatic rings. The van der Waals surface area contributed by atoms with Crippen molar-refractivity contribution in [2.24, 2.45) is 0 Å². The van der Waals surface area contributed by atoms with Crippen LogP contribution in [0.3, 0.4) is 0 Å². The number of hydrogen-bond donors (Lipinski definition) is 0. The van der Waals surface area contributed by atoms with Gasteiger partial charge in [-0.15, -0.1) is 11.3 Å². The van der Waals surface area contributed by atoms with Crippen LogP contribution < -0.4 is 4.90 Å². The van der Waals surface area contributed by atoms with Gasteiger partial charge in [0.2, 0.25) is 0 Å². The summed E-state index contributed by atoms with van der Waals surface area (Å²) >= 11 is 1.89. The zero-order valence-corrected chi connectivity index (χ0v) is 29.6. The minimum absolute atomic E-state index is 0.0465. The maximum absolute atomic E-state index is 2.51. The molecular formula is C48H37NS. The van der Waals surface area contributed by atoms with Gasteiger partial charge in [-0.05, 0) is 86.5 Å². The SMILES string of the molecule is CC1(C)c2ccccc2-c2cc(N(c3cccc(-c4cccc5c4sc4ccccc45)c3)c3cccc4c3-c3ccccc3C4(C)C)ccc21. The largest absolute Gasteiger partial charge is 0.310 e. The van der Waals surface area contributed by atoms with E-state index >= 15 is 0 Å². The van der Waals surface area contributed by atoms with Crippen molar-refractivity contribution in [3.05, 3.63) is 174 Å². The summed E-state index contributed by atoms with van der Waals surface area (Å²) in [6, 6.07) is 56.7. The molecule has 2 aliphatic carbocycles. The Balaban J connectivity index is 1.23.